The van der Waals surface area contributed by atoms with Crippen LogP contribution in [-0.2, 0) is 14.3 Å². The smallest absolute Gasteiger partial charge is 0.339 e. The van der Waals surface area contributed by atoms with Crippen molar-refractivity contribution in [1.29, 1.82) is 0 Å². The Bertz CT molecular complexity index is 908. The maximum absolute atomic E-state index is 12.4. The number of rotatable bonds is 5. The first-order valence-electron chi connectivity index (χ1n) is 9.94. The van der Waals surface area contributed by atoms with Crippen molar-refractivity contribution in [2.45, 2.75) is 13.0 Å². The normalized spacial score (nSPS) is 16.5. The molecule has 1 atom stereocenters. The molecule has 2 heterocycles. The molecule has 2 aliphatic rings. The van der Waals surface area contributed by atoms with Crippen molar-refractivity contribution in [2.24, 2.45) is 0 Å². The number of anilines is 2. The fraction of sp³-hybridized carbons (Fsp3) is 0.364. The molecule has 0 aromatic heterocycles. The number of carbonyl (C=O) groups is 2. The predicted octanol–water partition coefficient (Wildman–Crippen LogP) is 2.48. The van der Waals surface area contributed by atoms with E-state index in [9.17, 15) is 9.59 Å². The highest BCUT2D eigenvalue weighted by Crippen LogP contribution is 2.31. The van der Waals surface area contributed by atoms with Gasteiger partial charge in [-0.1, -0.05) is 0 Å². The van der Waals surface area contributed by atoms with Crippen LogP contribution in [0.5, 0.6) is 11.5 Å². The number of hydrogen-bond acceptors (Lipinski definition) is 7. The van der Waals surface area contributed by atoms with Gasteiger partial charge in [-0.3, -0.25) is 4.79 Å². The molecule has 2 aromatic carbocycles. The maximum atomic E-state index is 12.4. The number of benzene rings is 2. The molecule has 0 unspecified atom stereocenters. The average molecular weight is 412 g/mol. The molecule has 0 spiro atoms. The zero-order chi connectivity index (χ0) is 20.9. The van der Waals surface area contributed by atoms with E-state index < -0.39 is 18.0 Å². The number of amides is 1. The van der Waals surface area contributed by atoms with Crippen LogP contribution in [-0.4, -0.2) is 57.5 Å². The lowest BCUT2D eigenvalue weighted by atomic mass is 10.2. The summed E-state index contributed by atoms with van der Waals surface area (Å²) in [5.74, 6) is 0.0783. The molecule has 8 nitrogen and oxygen atoms in total. The fourth-order valence-electron chi connectivity index (χ4n) is 3.27. The zero-order valence-corrected chi connectivity index (χ0v) is 16.8. The van der Waals surface area contributed by atoms with Crippen LogP contribution in [0.4, 0.5) is 11.4 Å². The van der Waals surface area contributed by atoms with Crippen molar-refractivity contribution in [3.8, 4) is 11.5 Å². The van der Waals surface area contributed by atoms with E-state index >= 15 is 0 Å². The lowest BCUT2D eigenvalue weighted by molar-refractivity contribution is -0.123. The number of esters is 1. The van der Waals surface area contributed by atoms with Crippen molar-refractivity contribution in [2.75, 3.05) is 49.7 Å². The molecule has 1 amide bonds. The van der Waals surface area contributed by atoms with Crippen LogP contribution in [0.1, 0.15) is 17.3 Å². The second-order valence-electron chi connectivity index (χ2n) is 7.04. The van der Waals surface area contributed by atoms with Gasteiger partial charge in [0.05, 0.1) is 18.8 Å². The lowest BCUT2D eigenvalue weighted by Gasteiger charge is -2.28. The summed E-state index contributed by atoms with van der Waals surface area (Å²) in [5, 5.41) is 2.77. The summed E-state index contributed by atoms with van der Waals surface area (Å²) in [4.78, 5) is 27.1. The summed E-state index contributed by atoms with van der Waals surface area (Å²) in [6.45, 7) is 5.55. The van der Waals surface area contributed by atoms with E-state index in [-0.39, 0.29) is 0 Å². The largest absolute Gasteiger partial charge is 0.486 e. The quantitative estimate of drug-likeness (QED) is 0.755. The van der Waals surface area contributed by atoms with E-state index in [1.807, 2.05) is 24.3 Å². The van der Waals surface area contributed by atoms with E-state index in [2.05, 4.69) is 10.2 Å². The van der Waals surface area contributed by atoms with Crippen LogP contribution in [0, 0.1) is 0 Å². The minimum atomic E-state index is -0.954. The third-order valence-electron chi connectivity index (χ3n) is 4.94. The number of ether oxygens (including phenoxy) is 4. The van der Waals surface area contributed by atoms with Crippen molar-refractivity contribution < 1.29 is 28.5 Å². The Morgan fingerprint density at radius 2 is 1.67 bits per heavy atom. The van der Waals surface area contributed by atoms with Crippen molar-refractivity contribution >= 4 is 23.3 Å². The van der Waals surface area contributed by atoms with Gasteiger partial charge in [0.2, 0.25) is 0 Å². The molecule has 8 heteroatoms. The van der Waals surface area contributed by atoms with Crippen molar-refractivity contribution in [3.63, 3.8) is 0 Å². The third kappa shape index (κ3) is 4.65. The van der Waals surface area contributed by atoms with Gasteiger partial charge >= 0.3 is 5.97 Å². The molecule has 1 saturated heterocycles. The number of morpholine rings is 1. The van der Waals surface area contributed by atoms with Crippen LogP contribution in [0.25, 0.3) is 0 Å². The molecule has 4 rings (SSSR count). The van der Waals surface area contributed by atoms with E-state index in [0.29, 0.717) is 49.2 Å². The molecule has 30 heavy (non-hydrogen) atoms. The molecule has 0 aliphatic carbocycles. The Balaban J connectivity index is 1.32. The van der Waals surface area contributed by atoms with E-state index in [1.165, 1.54) is 6.92 Å². The number of hydrogen-bond donors (Lipinski definition) is 1. The highest BCUT2D eigenvalue weighted by molar-refractivity contribution is 5.97. The molecule has 1 N–H and O–H groups in total. The standard InChI is InChI=1S/C22H24N2O6/c1-15(30-22(26)16-2-7-19-20(14-16)29-13-12-28-19)21(25)23-17-3-5-18(6-4-17)24-8-10-27-11-9-24/h2-7,14-15H,8-13H2,1H3,(H,23,25)/t15-/m1/s1. The molecule has 1 fully saturated rings. The molecule has 0 saturated carbocycles. The Labute approximate surface area is 174 Å². The SMILES string of the molecule is C[C@@H](OC(=O)c1ccc2c(c1)OCCO2)C(=O)Nc1ccc(N2CCOCC2)cc1. The van der Waals surface area contributed by atoms with E-state index in [4.69, 9.17) is 18.9 Å². The van der Waals surface area contributed by atoms with Gasteiger partial charge in [0.25, 0.3) is 5.91 Å². The highest BCUT2D eigenvalue weighted by Gasteiger charge is 2.21. The van der Waals surface area contributed by atoms with Crippen LogP contribution in [0.2, 0.25) is 0 Å². The Morgan fingerprint density at radius 1 is 0.967 bits per heavy atom. The minimum absolute atomic E-state index is 0.300. The van der Waals surface area contributed by atoms with E-state index in [0.717, 1.165) is 18.8 Å². The van der Waals surface area contributed by atoms with Crippen LogP contribution >= 0.6 is 0 Å². The molecule has 2 aromatic rings. The van der Waals surface area contributed by atoms with Crippen LogP contribution < -0.4 is 19.7 Å². The molecule has 0 radical (unpaired) electrons. The summed E-state index contributed by atoms with van der Waals surface area (Å²) in [6, 6.07) is 12.4. The van der Waals surface area contributed by atoms with Crippen molar-refractivity contribution in [3.05, 3.63) is 48.0 Å². The Kier molecular flexibility index (Phi) is 6.04. The van der Waals surface area contributed by atoms with Crippen molar-refractivity contribution in [1.82, 2.24) is 0 Å². The van der Waals surface area contributed by atoms with Gasteiger partial charge in [-0.15, -0.1) is 0 Å². The summed E-state index contributed by atoms with van der Waals surface area (Å²) in [5.41, 5.74) is 2.02. The summed E-state index contributed by atoms with van der Waals surface area (Å²) < 4.78 is 21.6. The molecule has 158 valence electrons. The summed E-state index contributed by atoms with van der Waals surface area (Å²) in [6.07, 6.45) is -0.954. The fourth-order valence-corrected chi connectivity index (χ4v) is 3.27. The summed E-state index contributed by atoms with van der Waals surface area (Å²) >= 11 is 0. The second-order valence-corrected chi connectivity index (χ2v) is 7.04. The zero-order valence-electron chi connectivity index (χ0n) is 16.8. The van der Waals surface area contributed by atoms with E-state index in [1.54, 1.807) is 18.2 Å². The minimum Gasteiger partial charge on any atom is -0.486 e. The van der Waals surface area contributed by atoms with Gasteiger partial charge in [-0.05, 0) is 49.4 Å². The Hall–Kier alpha value is -3.26. The first-order valence-corrected chi connectivity index (χ1v) is 9.94. The molecule has 2 aliphatic heterocycles. The van der Waals surface area contributed by atoms with Crippen LogP contribution in [0.3, 0.4) is 0 Å². The lowest BCUT2D eigenvalue weighted by Crippen LogP contribution is -2.36. The van der Waals surface area contributed by atoms with Crippen LogP contribution in [0.15, 0.2) is 42.5 Å². The molecule has 0 bridgehead atoms. The number of fused-ring (bicyclic) bond motifs is 1. The van der Waals surface area contributed by atoms with Gasteiger partial charge in [-0.25, -0.2) is 4.79 Å². The highest BCUT2D eigenvalue weighted by atomic mass is 16.6. The van der Waals surface area contributed by atoms with Gasteiger partial charge in [0.1, 0.15) is 13.2 Å². The topological polar surface area (TPSA) is 86.3 Å². The van der Waals surface area contributed by atoms with Gasteiger partial charge < -0.3 is 29.2 Å². The first-order chi connectivity index (χ1) is 14.6. The monoisotopic (exact) mass is 412 g/mol. The third-order valence-corrected chi connectivity index (χ3v) is 4.94. The average Bonchev–Trinajstić information content (AvgIpc) is 2.79. The van der Waals surface area contributed by atoms with Gasteiger partial charge in [0.15, 0.2) is 17.6 Å². The number of nitrogens with zero attached hydrogens (tertiary/aromatic N) is 1. The molecular weight excluding hydrogens is 388 g/mol. The number of nitrogens with one attached hydrogen (secondary N) is 1. The number of carbonyl (C=O) groups excluding carboxylic acids is 2. The van der Waals surface area contributed by atoms with Gasteiger partial charge in [0, 0.05) is 24.5 Å². The Morgan fingerprint density at radius 3 is 2.40 bits per heavy atom. The second kappa shape index (κ2) is 9.04. The maximum Gasteiger partial charge on any atom is 0.339 e. The predicted molar refractivity (Wildman–Crippen MR) is 110 cm³/mol. The molecular formula is C22H24N2O6. The first kappa shape index (κ1) is 20.0. The summed E-state index contributed by atoms with van der Waals surface area (Å²) in [7, 11) is 0. The van der Waals surface area contributed by atoms with Gasteiger partial charge in [-0.2, -0.15) is 0 Å².